The molecule has 3 fully saturated rings. The number of allylic oxidation sites excluding steroid dienone is 2. The molecule has 0 spiro atoms. The fourth-order valence-corrected chi connectivity index (χ4v) is 4.84. The lowest BCUT2D eigenvalue weighted by molar-refractivity contribution is -0.134. The summed E-state index contributed by atoms with van der Waals surface area (Å²) in [7, 11) is 1.69. The van der Waals surface area contributed by atoms with E-state index < -0.39 is 5.54 Å². The van der Waals surface area contributed by atoms with E-state index >= 15 is 0 Å². The van der Waals surface area contributed by atoms with Crippen molar-refractivity contribution < 1.29 is 14.4 Å². The van der Waals surface area contributed by atoms with Crippen molar-refractivity contribution in [2.75, 3.05) is 13.6 Å². The van der Waals surface area contributed by atoms with E-state index in [2.05, 4.69) is 0 Å². The quantitative estimate of drug-likeness (QED) is 0.484. The summed E-state index contributed by atoms with van der Waals surface area (Å²) in [6, 6.07) is 8.44. The lowest BCUT2D eigenvalue weighted by Crippen LogP contribution is -2.51. The van der Waals surface area contributed by atoms with Gasteiger partial charge >= 0.3 is 6.03 Å². The molecule has 1 aromatic carbocycles. The third-order valence-electron chi connectivity index (χ3n) is 6.49. The summed E-state index contributed by atoms with van der Waals surface area (Å²) in [5.74, 6) is 0.848. The van der Waals surface area contributed by atoms with Gasteiger partial charge in [0.2, 0.25) is 0 Å². The normalized spacial score (nSPS) is 35.7. The molecule has 3 amide bonds. The molecule has 0 radical (unpaired) electrons. The number of benzene rings is 1. The number of nitrogens with zero attached hydrogens (tertiary/aromatic N) is 2. The molecule has 2 bridgehead atoms. The van der Waals surface area contributed by atoms with Crippen LogP contribution in [-0.4, -0.2) is 46.7 Å². The minimum atomic E-state index is -0.822. The maximum absolute atomic E-state index is 13.1. The Hall–Kier alpha value is -2.43. The number of fused-ring (bicyclic) bond motifs is 1. The molecule has 5 aliphatic rings. The number of carbonyl (C=O) groups is 3. The van der Waals surface area contributed by atoms with E-state index in [1.165, 1.54) is 11.1 Å². The molecule has 2 unspecified atom stereocenters. The van der Waals surface area contributed by atoms with Gasteiger partial charge in [-0.1, -0.05) is 41.5 Å². The Bertz CT molecular complexity index is 829. The molecule has 6 rings (SSSR count). The number of Topliss-reactive ketones (excluding diaryl/α,β-unsaturated/α-hetero) is 1. The smallest absolute Gasteiger partial charge is 0.313 e. The molecule has 5 nitrogen and oxygen atoms in total. The number of amides is 3. The first-order chi connectivity index (χ1) is 11.5. The molecular formula is C19H18N2O3. The van der Waals surface area contributed by atoms with Gasteiger partial charge in [0.1, 0.15) is 5.54 Å². The second-order valence-electron chi connectivity index (χ2n) is 7.45. The van der Waals surface area contributed by atoms with Crippen molar-refractivity contribution in [2.45, 2.75) is 18.9 Å². The summed E-state index contributed by atoms with van der Waals surface area (Å²) in [4.78, 5) is 40.8. The second kappa shape index (κ2) is 4.15. The Morgan fingerprint density at radius 3 is 2.46 bits per heavy atom. The van der Waals surface area contributed by atoms with Crippen LogP contribution in [0.1, 0.15) is 23.7 Å². The van der Waals surface area contributed by atoms with E-state index in [9.17, 15) is 14.4 Å². The Kier molecular flexibility index (Phi) is 2.41. The van der Waals surface area contributed by atoms with Crippen LogP contribution >= 0.6 is 0 Å². The van der Waals surface area contributed by atoms with Crippen molar-refractivity contribution in [3.8, 4) is 0 Å². The zero-order valence-electron chi connectivity index (χ0n) is 13.7. The molecule has 0 aromatic heterocycles. The van der Waals surface area contributed by atoms with E-state index in [-0.39, 0.29) is 30.2 Å². The van der Waals surface area contributed by atoms with Crippen LogP contribution in [0.3, 0.4) is 0 Å². The molecule has 0 N–H and O–H groups in total. The standard InChI is InChI=1S/C19H18N2O3/c1-19(12-8-11-14-15(11)16(12)14)17(23)21(18(24)20(19)2)9-13(22)10-6-4-3-5-7-10/h3-7,11-12,16H,8-9H2,1-2H3. The highest BCUT2D eigenvalue weighted by molar-refractivity contribution is 6.11. The highest BCUT2D eigenvalue weighted by Crippen LogP contribution is 2.79. The molecule has 5 heteroatoms. The number of carbonyl (C=O) groups excluding carboxylic acids is 3. The molecule has 2 atom stereocenters. The third kappa shape index (κ3) is 1.48. The van der Waals surface area contributed by atoms with Crippen LogP contribution in [0.5, 0.6) is 0 Å². The zero-order chi connectivity index (χ0) is 16.8. The molecule has 4 aliphatic carbocycles. The van der Waals surface area contributed by atoms with Gasteiger partial charge in [0, 0.05) is 30.4 Å². The van der Waals surface area contributed by atoms with Crippen molar-refractivity contribution in [3.05, 3.63) is 47.0 Å². The monoisotopic (exact) mass is 322 g/mol. The van der Waals surface area contributed by atoms with Crippen molar-refractivity contribution >= 4 is 17.7 Å². The molecule has 122 valence electrons. The fourth-order valence-electron chi connectivity index (χ4n) is 4.84. The summed E-state index contributed by atoms with van der Waals surface area (Å²) >= 11 is 0. The van der Waals surface area contributed by atoms with Crippen LogP contribution in [0.4, 0.5) is 4.79 Å². The number of hydrogen-bond donors (Lipinski definition) is 0. The number of rotatable bonds is 4. The maximum Gasteiger partial charge on any atom is 0.327 e. The summed E-state index contributed by atoms with van der Waals surface area (Å²) in [5.41, 5.74) is 2.77. The summed E-state index contributed by atoms with van der Waals surface area (Å²) in [6.07, 6.45) is 0.982. The number of ketones is 1. The summed E-state index contributed by atoms with van der Waals surface area (Å²) < 4.78 is 0. The average molecular weight is 322 g/mol. The van der Waals surface area contributed by atoms with Gasteiger partial charge in [0.25, 0.3) is 5.91 Å². The fraction of sp³-hybridized carbons (Fsp3) is 0.421. The molecular weight excluding hydrogens is 304 g/mol. The van der Waals surface area contributed by atoms with E-state index in [0.29, 0.717) is 17.4 Å². The number of imide groups is 1. The third-order valence-corrected chi connectivity index (χ3v) is 6.49. The molecule has 2 saturated carbocycles. The predicted molar refractivity (Wildman–Crippen MR) is 86.2 cm³/mol. The molecule has 24 heavy (non-hydrogen) atoms. The van der Waals surface area contributed by atoms with Crippen LogP contribution in [0.25, 0.3) is 0 Å². The van der Waals surface area contributed by atoms with Crippen LogP contribution in [0.2, 0.25) is 0 Å². The van der Waals surface area contributed by atoms with Gasteiger partial charge in [-0.2, -0.15) is 0 Å². The van der Waals surface area contributed by atoms with Crippen LogP contribution in [-0.2, 0) is 4.79 Å². The van der Waals surface area contributed by atoms with E-state index in [0.717, 1.165) is 11.3 Å². The molecule has 1 heterocycles. The SMILES string of the molecule is CN1C(=O)N(CC(=O)c2ccccc2)C(=O)C1(C)C1CC2C3=C2C31. The van der Waals surface area contributed by atoms with Crippen molar-refractivity contribution in [3.63, 3.8) is 0 Å². The molecule has 1 aliphatic heterocycles. The van der Waals surface area contributed by atoms with Gasteiger partial charge in [-0.25, -0.2) is 4.79 Å². The Morgan fingerprint density at radius 2 is 1.88 bits per heavy atom. The Balaban J connectivity index is 1.40. The number of hydrogen-bond acceptors (Lipinski definition) is 3. The first kappa shape index (κ1) is 14.0. The first-order valence-corrected chi connectivity index (χ1v) is 8.38. The van der Waals surface area contributed by atoms with Gasteiger partial charge in [0.05, 0.1) is 6.54 Å². The predicted octanol–water partition coefficient (Wildman–Crippen LogP) is 2.10. The second-order valence-corrected chi connectivity index (χ2v) is 7.45. The van der Waals surface area contributed by atoms with Crippen LogP contribution in [0, 0.1) is 17.8 Å². The zero-order valence-corrected chi connectivity index (χ0v) is 13.7. The van der Waals surface area contributed by atoms with Crippen LogP contribution in [0.15, 0.2) is 41.5 Å². The van der Waals surface area contributed by atoms with Crippen molar-refractivity contribution in [1.82, 2.24) is 9.80 Å². The van der Waals surface area contributed by atoms with E-state index in [1.54, 1.807) is 36.2 Å². The van der Waals surface area contributed by atoms with E-state index in [4.69, 9.17) is 0 Å². The summed E-state index contributed by atoms with van der Waals surface area (Å²) in [6.45, 7) is 1.68. The average Bonchev–Trinajstić information content (AvgIpc) is 3.39. The van der Waals surface area contributed by atoms with Gasteiger partial charge < -0.3 is 4.90 Å². The largest absolute Gasteiger partial charge is 0.327 e. The number of urea groups is 1. The Morgan fingerprint density at radius 1 is 1.21 bits per heavy atom. The van der Waals surface area contributed by atoms with Gasteiger partial charge in [-0.05, 0) is 13.3 Å². The van der Waals surface area contributed by atoms with Crippen molar-refractivity contribution in [2.24, 2.45) is 17.8 Å². The lowest BCUT2D eigenvalue weighted by Gasteiger charge is -2.34. The molecule has 1 aromatic rings. The first-order valence-electron chi connectivity index (χ1n) is 8.38. The van der Waals surface area contributed by atoms with Gasteiger partial charge in [-0.3, -0.25) is 14.5 Å². The van der Waals surface area contributed by atoms with Gasteiger partial charge in [-0.15, -0.1) is 0 Å². The molecule has 1 saturated heterocycles. The van der Waals surface area contributed by atoms with Crippen LogP contribution < -0.4 is 0 Å². The summed E-state index contributed by atoms with van der Waals surface area (Å²) in [5, 5.41) is 0. The Labute approximate surface area is 139 Å². The highest BCUT2D eigenvalue weighted by atomic mass is 16.2. The topological polar surface area (TPSA) is 57.7 Å². The highest BCUT2D eigenvalue weighted by Gasteiger charge is 2.75. The van der Waals surface area contributed by atoms with Crippen molar-refractivity contribution in [1.29, 1.82) is 0 Å². The van der Waals surface area contributed by atoms with E-state index in [1.807, 2.05) is 13.0 Å². The minimum Gasteiger partial charge on any atom is -0.313 e. The lowest BCUT2D eigenvalue weighted by atomic mass is 9.81. The minimum absolute atomic E-state index is 0.185. The number of likely N-dealkylation sites (N-methyl/N-ethyl adjacent to an activating group) is 1. The maximum atomic E-state index is 13.1. The van der Waals surface area contributed by atoms with Gasteiger partial charge in [0.15, 0.2) is 5.78 Å².